The molecule has 0 N–H and O–H groups in total. The third kappa shape index (κ3) is 5.22. The molecule has 5 rings (SSSR count). The van der Waals surface area contributed by atoms with E-state index in [9.17, 15) is 24.5 Å². The summed E-state index contributed by atoms with van der Waals surface area (Å²) < 4.78 is 10.7. The third-order valence-electron chi connectivity index (χ3n) is 6.41. The van der Waals surface area contributed by atoms with Gasteiger partial charge in [0.05, 0.1) is 27.4 Å². The number of nitro groups is 1. The molecule has 2 aromatic carbocycles. The fourth-order valence-electron chi connectivity index (χ4n) is 4.38. The second-order valence-corrected chi connectivity index (χ2v) is 9.07. The fourth-order valence-corrected chi connectivity index (χ4v) is 4.38. The van der Waals surface area contributed by atoms with Gasteiger partial charge in [-0.2, -0.15) is 0 Å². The normalized spacial score (nSPS) is 16.4. The molecule has 2 aliphatic rings. The zero-order valence-corrected chi connectivity index (χ0v) is 21.1. The number of esters is 2. The standard InChI is InChI=1S/C27H23N5O7/c1-16-23(27(35)31-13-11-30(2)12-14-31)24(17-5-3-6-18(15-17)32(36)37)29-26(28-16)19-7-4-8-20-25(19)39-22(34)10-9-21(33)38-20/h3-10,15H,11-14H2,1-2H3/b10-9+. The van der Waals surface area contributed by atoms with Gasteiger partial charge in [0.2, 0.25) is 0 Å². The lowest BCUT2D eigenvalue weighted by Crippen LogP contribution is -2.47. The van der Waals surface area contributed by atoms with E-state index < -0.39 is 16.9 Å². The van der Waals surface area contributed by atoms with Gasteiger partial charge in [0.25, 0.3) is 11.6 Å². The molecule has 1 fully saturated rings. The van der Waals surface area contributed by atoms with Gasteiger partial charge in [-0.15, -0.1) is 0 Å². The summed E-state index contributed by atoms with van der Waals surface area (Å²) in [5, 5.41) is 11.5. The number of nitro benzene ring substituents is 1. The minimum Gasteiger partial charge on any atom is -0.419 e. The van der Waals surface area contributed by atoms with E-state index in [1.54, 1.807) is 30.0 Å². The smallest absolute Gasteiger partial charge is 0.336 e. The van der Waals surface area contributed by atoms with Crippen molar-refractivity contribution in [2.45, 2.75) is 6.92 Å². The van der Waals surface area contributed by atoms with Crippen LogP contribution in [0.2, 0.25) is 0 Å². The van der Waals surface area contributed by atoms with Crippen LogP contribution in [0.3, 0.4) is 0 Å². The van der Waals surface area contributed by atoms with Gasteiger partial charge in [-0.1, -0.05) is 18.2 Å². The molecule has 2 aliphatic heterocycles. The van der Waals surface area contributed by atoms with Gasteiger partial charge in [0, 0.05) is 56.0 Å². The maximum atomic E-state index is 13.7. The minimum absolute atomic E-state index is 0.00839. The Balaban J connectivity index is 1.69. The summed E-state index contributed by atoms with van der Waals surface area (Å²) in [6.45, 7) is 4.06. The van der Waals surface area contributed by atoms with Crippen LogP contribution in [0, 0.1) is 17.0 Å². The third-order valence-corrected chi connectivity index (χ3v) is 6.41. The van der Waals surface area contributed by atoms with Crippen LogP contribution in [0.5, 0.6) is 11.5 Å². The number of fused-ring (bicyclic) bond motifs is 1. The summed E-state index contributed by atoms with van der Waals surface area (Å²) in [6.07, 6.45) is 1.90. The molecule has 1 aromatic heterocycles. The van der Waals surface area contributed by atoms with Crippen molar-refractivity contribution in [3.05, 3.63) is 76.0 Å². The van der Waals surface area contributed by atoms with E-state index in [0.717, 1.165) is 12.2 Å². The van der Waals surface area contributed by atoms with Crippen LogP contribution in [-0.2, 0) is 9.59 Å². The molecule has 0 unspecified atom stereocenters. The number of amides is 1. The number of ether oxygens (including phenoxy) is 2. The highest BCUT2D eigenvalue weighted by Gasteiger charge is 2.29. The van der Waals surface area contributed by atoms with Gasteiger partial charge in [0.1, 0.15) is 0 Å². The largest absolute Gasteiger partial charge is 0.419 e. The molecule has 0 radical (unpaired) electrons. The van der Waals surface area contributed by atoms with E-state index in [0.29, 0.717) is 37.4 Å². The molecule has 0 aliphatic carbocycles. The van der Waals surface area contributed by atoms with Crippen LogP contribution in [0.25, 0.3) is 22.6 Å². The number of benzene rings is 2. The summed E-state index contributed by atoms with van der Waals surface area (Å²) in [5.41, 5.74) is 1.15. The van der Waals surface area contributed by atoms with E-state index in [4.69, 9.17) is 9.47 Å². The molecule has 3 heterocycles. The summed E-state index contributed by atoms with van der Waals surface area (Å²) in [6, 6.07) is 10.5. The Bertz CT molecular complexity index is 1540. The van der Waals surface area contributed by atoms with Gasteiger partial charge < -0.3 is 19.3 Å². The van der Waals surface area contributed by atoms with Gasteiger partial charge in [-0.3, -0.25) is 14.9 Å². The zero-order valence-electron chi connectivity index (χ0n) is 21.1. The number of carbonyl (C=O) groups excluding carboxylic acids is 3. The minimum atomic E-state index is -0.794. The SMILES string of the molecule is Cc1nc(-c2cccc3c2OC(=O)/C=C/C(=O)O3)nc(-c2cccc([N+](=O)[O-])c2)c1C(=O)N1CCN(C)CC1. The van der Waals surface area contributed by atoms with E-state index in [1.165, 1.54) is 24.3 Å². The molecule has 198 valence electrons. The van der Waals surface area contributed by atoms with E-state index in [1.807, 2.05) is 7.05 Å². The van der Waals surface area contributed by atoms with Gasteiger partial charge in [-0.25, -0.2) is 19.6 Å². The summed E-state index contributed by atoms with van der Waals surface area (Å²) in [5.74, 6) is -1.84. The highest BCUT2D eigenvalue weighted by atomic mass is 16.6. The van der Waals surface area contributed by atoms with Crippen molar-refractivity contribution in [2.24, 2.45) is 0 Å². The van der Waals surface area contributed by atoms with Crippen molar-refractivity contribution in [2.75, 3.05) is 33.2 Å². The second kappa shape index (κ2) is 10.4. The molecule has 3 aromatic rings. The first-order valence-electron chi connectivity index (χ1n) is 12.1. The number of rotatable bonds is 4. The van der Waals surface area contributed by atoms with Gasteiger partial charge in [0.15, 0.2) is 17.3 Å². The van der Waals surface area contributed by atoms with Gasteiger partial charge >= 0.3 is 11.9 Å². The lowest BCUT2D eigenvalue weighted by molar-refractivity contribution is -0.384. The lowest BCUT2D eigenvalue weighted by atomic mass is 10.0. The van der Waals surface area contributed by atoms with E-state index in [2.05, 4.69) is 14.9 Å². The molecule has 0 saturated carbocycles. The molecular formula is C27H23N5O7. The number of para-hydroxylation sites is 1. The van der Waals surface area contributed by atoms with Gasteiger partial charge in [-0.05, 0) is 26.1 Å². The number of piperazine rings is 1. The molecule has 39 heavy (non-hydrogen) atoms. The van der Waals surface area contributed by atoms with Crippen molar-refractivity contribution < 1.29 is 28.8 Å². The van der Waals surface area contributed by atoms with Crippen molar-refractivity contribution in [1.29, 1.82) is 0 Å². The maximum Gasteiger partial charge on any atom is 0.336 e. The highest BCUT2D eigenvalue weighted by molar-refractivity contribution is 6.02. The van der Waals surface area contributed by atoms with Crippen LogP contribution in [-0.4, -0.2) is 75.8 Å². The van der Waals surface area contributed by atoms with Crippen molar-refractivity contribution >= 4 is 23.5 Å². The van der Waals surface area contributed by atoms with E-state index >= 15 is 0 Å². The number of likely N-dealkylation sites (N-methyl/N-ethyl adjacent to an activating group) is 1. The predicted octanol–water partition coefficient (Wildman–Crippen LogP) is 2.80. The average Bonchev–Trinajstić information content (AvgIpc) is 2.91. The average molecular weight is 530 g/mol. The Hall–Kier alpha value is -4.97. The Kier molecular flexibility index (Phi) is 6.86. The van der Waals surface area contributed by atoms with Crippen molar-refractivity contribution in [1.82, 2.24) is 19.8 Å². The highest BCUT2D eigenvalue weighted by Crippen LogP contribution is 2.39. The molecule has 0 spiro atoms. The Morgan fingerprint density at radius 3 is 2.38 bits per heavy atom. The first-order chi connectivity index (χ1) is 18.7. The molecule has 0 bridgehead atoms. The molecule has 1 saturated heterocycles. The van der Waals surface area contributed by atoms with Crippen molar-refractivity contribution in [3.8, 4) is 34.1 Å². The molecule has 1 amide bonds. The zero-order chi connectivity index (χ0) is 27.7. The Morgan fingerprint density at radius 2 is 1.67 bits per heavy atom. The number of non-ortho nitro benzene ring substituents is 1. The second-order valence-electron chi connectivity index (χ2n) is 9.07. The fraction of sp³-hybridized carbons (Fsp3) is 0.222. The monoisotopic (exact) mass is 529 g/mol. The summed E-state index contributed by atoms with van der Waals surface area (Å²) >= 11 is 0. The first kappa shape index (κ1) is 25.7. The van der Waals surface area contributed by atoms with E-state index in [-0.39, 0.29) is 45.7 Å². The summed E-state index contributed by atoms with van der Waals surface area (Å²) in [4.78, 5) is 62.1. The Morgan fingerprint density at radius 1 is 0.974 bits per heavy atom. The number of nitrogens with zero attached hydrogens (tertiary/aromatic N) is 5. The molecular weight excluding hydrogens is 506 g/mol. The molecule has 12 heteroatoms. The summed E-state index contributed by atoms with van der Waals surface area (Å²) in [7, 11) is 1.98. The topological polar surface area (TPSA) is 145 Å². The van der Waals surface area contributed by atoms with Crippen LogP contribution in [0.15, 0.2) is 54.6 Å². The van der Waals surface area contributed by atoms with Crippen LogP contribution < -0.4 is 9.47 Å². The van der Waals surface area contributed by atoms with Crippen LogP contribution >= 0.6 is 0 Å². The number of aromatic nitrogens is 2. The van der Waals surface area contributed by atoms with Crippen LogP contribution in [0.4, 0.5) is 5.69 Å². The predicted molar refractivity (Wildman–Crippen MR) is 138 cm³/mol. The molecule has 0 atom stereocenters. The number of aryl methyl sites for hydroxylation is 1. The first-order valence-corrected chi connectivity index (χ1v) is 12.1. The van der Waals surface area contributed by atoms with Crippen molar-refractivity contribution in [3.63, 3.8) is 0 Å². The Labute approximate surface area is 222 Å². The lowest BCUT2D eigenvalue weighted by Gasteiger charge is -2.33. The quantitative estimate of drug-likeness (QED) is 0.214. The van der Waals surface area contributed by atoms with Crippen LogP contribution in [0.1, 0.15) is 16.1 Å². The maximum absolute atomic E-state index is 13.7. The number of hydrogen-bond acceptors (Lipinski definition) is 10. The number of carbonyl (C=O) groups is 3. The number of hydrogen-bond donors (Lipinski definition) is 0. The molecule has 12 nitrogen and oxygen atoms in total.